The topological polar surface area (TPSA) is 63.0 Å². The first kappa shape index (κ1) is 20.8. The number of likely N-dealkylation sites (tertiary alicyclic amines) is 1. The lowest BCUT2D eigenvalue weighted by atomic mass is 9.89. The molecule has 164 valence electrons. The Morgan fingerprint density at radius 2 is 1.69 bits per heavy atom. The molecule has 0 spiro atoms. The van der Waals surface area contributed by atoms with Crippen LogP contribution in [-0.4, -0.2) is 32.3 Å². The van der Waals surface area contributed by atoms with Crippen LogP contribution in [0.15, 0.2) is 70.3 Å². The molecule has 0 amide bonds. The van der Waals surface area contributed by atoms with Crippen LogP contribution >= 0.6 is 11.6 Å². The molecule has 1 fully saturated rings. The number of piperidine rings is 1. The van der Waals surface area contributed by atoms with E-state index in [1.54, 1.807) is 23.7 Å². The Bertz CT molecular complexity index is 1380. The Kier molecular flexibility index (Phi) is 5.49. The van der Waals surface area contributed by atoms with Gasteiger partial charge in [-0.2, -0.15) is 0 Å². The van der Waals surface area contributed by atoms with Crippen LogP contribution in [0.3, 0.4) is 0 Å². The van der Waals surface area contributed by atoms with Gasteiger partial charge in [-0.1, -0.05) is 54.1 Å². The molecule has 0 atom stereocenters. The van der Waals surface area contributed by atoms with Crippen molar-refractivity contribution in [2.45, 2.75) is 25.3 Å². The van der Waals surface area contributed by atoms with Crippen LogP contribution in [0.2, 0.25) is 5.02 Å². The van der Waals surface area contributed by atoms with E-state index in [1.165, 1.54) is 16.3 Å². The molecule has 3 heterocycles. The maximum atomic E-state index is 13.4. The highest BCUT2D eigenvalue weighted by Crippen LogP contribution is 2.29. The first-order valence-corrected chi connectivity index (χ1v) is 11.3. The fourth-order valence-electron chi connectivity index (χ4n) is 4.71. The quantitative estimate of drug-likeness (QED) is 0.512. The average Bonchev–Trinajstić information content (AvgIpc) is 3.13. The summed E-state index contributed by atoms with van der Waals surface area (Å²) in [5.41, 5.74) is 2.89. The van der Waals surface area contributed by atoms with Crippen molar-refractivity contribution >= 4 is 22.5 Å². The van der Waals surface area contributed by atoms with Crippen LogP contribution < -0.4 is 11.1 Å². The second-order valence-electron chi connectivity index (χ2n) is 8.44. The third kappa shape index (κ3) is 3.70. The lowest BCUT2D eigenvalue weighted by Crippen LogP contribution is -2.35. The molecule has 1 saturated heterocycles. The molecule has 0 radical (unpaired) electrons. The van der Waals surface area contributed by atoms with Crippen molar-refractivity contribution in [3.8, 4) is 5.69 Å². The number of H-pyrrole nitrogens is 1. The third-order valence-corrected chi connectivity index (χ3v) is 6.86. The number of hydrogen-bond donors (Lipinski definition) is 1. The highest BCUT2D eigenvalue weighted by molar-refractivity contribution is 6.32. The SMILES string of the molecule is Cn1c(CN2CCC(c3ccccc3)CC2)c2c(=O)n(-c3ccccc3Cl)[nH]c2cc1=O. The lowest BCUT2D eigenvalue weighted by molar-refractivity contribution is 0.201. The predicted molar refractivity (Wildman–Crippen MR) is 128 cm³/mol. The minimum atomic E-state index is -0.196. The Morgan fingerprint density at radius 1 is 1.00 bits per heavy atom. The average molecular weight is 449 g/mol. The molecule has 32 heavy (non-hydrogen) atoms. The largest absolute Gasteiger partial charge is 0.313 e. The maximum Gasteiger partial charge on any atom is 0.280 e. The molecule has 0 unspecified atom stereocenters. The lowest BCUT2D eigenvalue weighted by Gasteiger charge is -2.32. The van der Waals surface area contributed by atoms with Gasteiger partial charge in [-0.3, -0.25) is 19.6 Å². The van der Waals surface area contributed by atoms with E-state index in [4.69, 9.17) is 11.6 Å². The number of aromatic nitrogens is 3. The van der Waals surface area contributed by atoms with Gasteiger partial charge in [0.15, 0.2) is 0 Å². The Hall–Kier alpha value is -3.09. The highest BCUT2D eigenvalue weighted by atomic mass is 35.5. The summed E-state index contributed by atoms with van der Waals surface area (Å²) in [6.07, 6.45) is 2.12. The molecule has 1 aliphatic heterocycles. The molecular formula is C25H25ClN4O2. The minimum absolute atomic E-state index is 0.140. The van der Waals surface area contributed by atoms with Gasteiger partial charge in [0.25, 0.3) is 11.1 Å². The second kappa shape index (κ2) is 8.45. The number of para-hydroxylation sites is 1. The van der Waals surface area contributed by atoms with Crippen molar-refractivity contribution in [2.75, 3.05) is 13.1 Å². The zero-order valence-electron chi connectivity index (χ0n) is 17.9. The van der Waals surface area contributed by atoms with E-state index in [1.807, 2.05) is 18.2 Å². The number of aromatic amines is 1. The van der Waals surface area contributed by atoms with Crippen LogP contribution in [0.25, 0.3) is 16.6 Å². The Labute approximate surface area is 190 Å². The first-order valence-electron chi connectivity index (χ1n) is 10.9. The van der Waals surface area contributed by atoms with Crippen molar-refractivity contribution in [1.29, 1.82) is 0 Å². The van der Waals surface area contributed by atoms with Crippen molar-refractivity contribution in [2.24, 2.45) is 7.05 Å². The van der Waals surface area contributed by atoms with Crippen LogP contribution in [0.1, 0.15) is 30.0 Å². The monoisotopic (exact) mass is 448 g/mol. The van der Waals surface area contributed by atoms with Gasteiger partial charge in [0.2, 0.25) is 0 Å². The zero-order chi connectivity index (χ0) is 22.2. The van der Waals surface area contributed by atoms with Crippen molar-refractivity contribution in [3.63, 3.8) is 0 Å². The summed E-state index contributed by atoms with van der Waals surface area (Å²) in [4.78, 5) is 28.4. The van der Waals surface area contributed by atoms with E-state index >= 15 is 0 Å². The molecule has 1 N–H and O–H groups in total. The van der Waals surface area contributed by atoms with Gasteiger partial charge in [0.1, 0.15) is 0 Å². The van der Waals surface area contributed by atoms with Gasteiger partial charge in [-0.15, -0.1) is 0 Å². The van der Waals surface area contributed by atoms with Gasteiger partial charge in [0.05, 0.1) is 21.6 Å². The number of rotatable bonds is 4. The molecule has 0 bridgehead atoms. The summed E-state index contributed by atoms with van der Waals surface area (Å²) >= 11 is 6.33. The molecule has 2 aromatic carbocycles. The molecule has 1 aliphatic rings. The first-order chi connectivity index (χ1) is 15.5. The Morgan fingerprint density at radius 3 is 2.41 bits per heavy atom. The number of hydrogen-bond acceptors (Lipinski definition) is 3. The summed E-state index contributed by atoms with van der Waals surface area (Å²) < 4.78 is 3.02. The van der Waals surface area contributed by atoms with Crippen LogP contribution in [0.4, 0.5) is 0 Å². The molecule has 5 rings (SSSR count). The van der Waals surface area contributed by atoms with Crippen LogP contribution in [-0.2, 0) is 13.6 Å². The van der Waals surface area contributed by atoms with Crippen molar-refractivity contribution in [3.05, 3.63) is 97.7 Å². The van der Waals surface area contributed by atoms with Gasteiger partial charge in [0, 0.05) is 25.4 Å². The normalized spacial score (nSPS) is 15.4. The van der Waals surface area contributed by atoms with Gasteiger partial charge in [-0.25, -0.2) is 4.68 Å². The fraction of sp³-hybridized carbons (Fsp3) is 0.280. The van der Waals surface area contributed by atoms with E-state index in [9.17, 15) is 9.59 Å². The van der Waals surface area contributed by atoms with E-state index in [-0.39, 0.29) is 11.1 Å². The summed E-state index contributed by atoms with van der Waals surface area (Å²) in [7, 11) is 1.74. The van der Waals surface area contributed by atoms with Crippen molar-refractivity contribution in [1.82, 2.24) is 19.2 Å². The molecule has 7 heteroatoms. The van der Waals surface area contributed by atoms with E-state index < -0.39 is 0 Å². The predicted octanol–water partition coefficient (Wildman–Crippen LogP) is 4.05. The minimum Gasteiger partial charge on any atom is -0.313 e. The molecule has 6 nitrogen and oxygen atoms in total. The summed E-state index contributed by atoms with van der Waals surface area (Å²) in [6.45, 7) is 2.40. The number of pyridine rings is 1. The third-order valence-electron chi connectivity index (χ3n) is 6.54. The number of benzene rings is 2. The molecule has 0 aliphatic carbocycles. The summed E-state index contributed by atoms with van der Waals surface area (Å²) in [5, 5.41) is 4.09. The molecular weight excluding hydrogens is 424 g/mol. The summed E-state index contributed by atoms with van der Waals surface area (Å²) in [6, 6.07) is 19.3. The number of nitrogens with one attached hydrogen (secondary N) is 1. The van der Waals surface area contributed by atoms with Crippen molar-refractivity contribution < 1.29 is 0 Å². The molecule has 2 aromatic heterocycles. The molecule has 4 aromatic rings. The second-order valence-corrected chi connectivity index (χ2v) is 8.85. The van der Waals surface area contributed by atoms with Gasteiger partial charge < -0.3 is 4.57 Å². The maximum absolute atomic E-state index is 13.4. The zero-order valence-corrected chi connectivity index (χ0v) is 18.7. The summed E-state index contributed by atoms with van der Waals surface area (Å²) in [5.74, 6) is 0.553. The van der Waals surface area contributed by atoms with Crippen LogP contribution in [0, 0.1) is 0 Å². The molecule has 0 saturated carbocycles. The number of nitrogens with zero attached hydrogens (tertiary/aromatic N) is 3. The van der Waals surface area contributed by atoms with Gasteiger partial charge >= 0.3 is 0 Å². The smallest absolute Gasteiger partial charge is 0.280 e. The van der Waals surface area contributed by atoms with Gasteiger partial charge in [-0.05, 0) is 49.5 Å². The van der Waals surface area contributed by atoms with E-state index in [0.717, 1.165) is 31.6 Å². The standard InChI is InChI=1S/C25H25ClN4O2/c1-28-22(16-29-13-11-18(12-14-29)17-7-3-2-4-8-17)24-20(15-23(28)31)27-30(25(24)32)21-10-6-5-9-19(21)26/h2-10,15,18,27H,11-14,16H2,1H3. The Balaban J connectivity index is 1.48. The number of halogens is 1. The number of fused-ring (bicyclic) bond motifs is 1. The fourth-order valence-corrected chi connectivity index (χ4v) is 4.93. The van der Waals surface area contributed by atoms with E-state index in [2.05, 4.69) is 34.3 Å². The van der Waals surface area contributed by atoms with E-state index in [0.29, 0.717) is 34.1 Å². The van der Waals surface area contributed by atoms with Crippen LogP contribution in [0.5, 0.6) is 0 Å². The highest BCUT2D eigenvalue weighted by Gasteiger charge is 2.24.